The van der Waals surface area contributed by atoms with E-state index in [4.69, 9.17) is 5.73 Å². The first-order valence-corrected chi connectivity index (χ1v) is 3.78. The highest BCUT2D eigenvalue weighted by Crippen LogP contribution is 2.05. The second-order valence-electron chi connectivity index (χ2n) is 2.23. The van der Waals surface area contributed by atoms with E-state index >= 15 is 0 Å². The zero-order valence-electron chi connectivity index (χ0n) is 7.29. The van der Waals surface area contributed by atoms with Crippen LogP contribution in [0.15, 0.2) is 50.1 Å². The molecular weight excluding hydrogens is 146 g/mol. The maximum atomic E-state index is 5.50. The molecule has 1 aromatic rings. The van der Waals surface area contributed by atoms with Gasteiger partial charge in [0.05, 0.1) is 0 Å². The molecule has 0 bridgehead atoms. The van der Waals surface area contributed by atoms with Crippen LogP contribution in [0.25, 0.3) is 0 Å². The Balaban J connectivity index is 0.000000561. The number of nitrogens with two attached hydrogens (primary N) is 1. The van der Waals surface area contributed by atoms with Crippen LogP contribution in [0.3, 0.4) is 0 Å². The van der Waals surface area contributed by atoms with Gasteiger partial charge >= 0.3 is 0 Å². The van der Waals surface area contributed by atoms with Crippen LogP contribution in [-0.2, 0) is 6.42 Å². The van der Waals surface area contributed by atoms with E-state index in [0.29, 0.717) is 0 Å². The Bertz CT molecular complexity index is 223. The van der Waals surface area contributed by atoms with E-state index in [2.05, 4.69) is 19.7 Å². The third-order valence-corrected chi connectivity index (χ3v) is 1.36. The third-order valence-electron chi connectivity index (χ3n) is 1.36. The molecule has 0 aliphatic heterocycles. The molecule has 0 aromatic heterocycles. The van der Waals surface area contributed by atoms with Crippen molar-refractivity contribution >= 4 is 5.69 Å². The molecule has 0 unspecified atom stereocenters. The summed E-state index contributed by atoms with van der Waals surface area (Å²) in [4.78, 5) is 0. The lowest BCUT2D eigenvalue weighted by atomic mass is 10.1. The molecule has 64 valence electrons. The van der Waals surface area contributed by atoms with Crippen molar-refractivity contribution in [3.8, 4) is 0 Å². The second-order valence-corrected chi connectivity index (χ2v) is 2.23. The molecule has 0 aliphatic rings. The van der Waals surface area contributed by atoms with Gasteiger partial charge in [-0.2, -0.15) is 0 Å². The minimum absolute atomic E-state index is 0.813. The van der Waals surface area contributed by atoms with Crippen molar-refractivity contribution in [3.63, 3.8) is 0 Å². The minimum Gasteiger partial charge on any atom is -0.399 e. The third kappa shape index (κ3) is 3.62. The Kier molecular flexibility index (Phi) is 5.45. The summed E-state index contributed by atoms with van der Waals surface area (Å²) in [6.45, 7) is 9.65. The maximum absolute atomic E-state index is 5.50. The molecule has 2 N–H and O–H groups in total. The summed E-state index contributed by atoms with van der Waals surface area (Å²) in [6.07, 6.45) is 2.80. The zero-order chi connectivity index (χ0) is 9.40. The van der Waals surface area contributed by atoms with Crippen molar-refractivity contribution < 1.29 is 0 Å². The number of hydrogen-bond donors (Lipinski definition) is 1. The molecule has 0 fully saturated rings. The highest BCUT2D eigenvalue weighted by molar-refractivity contribution is 5.39. The van der Waals surface area contributed by atoms with Crippen molar-refractivity contribution in [1.82, 2.24) is 0 Å². The topological polar surface area (TPSA) is 26.0 Å². The molecule has 0 aliphatic carbocycles. The maximum Gasteiger partial charge on any atom is 0.0314 e. The van der Waals surface area contributed by atoms with Crippen LogP contribution < -0.4 is 5.73 Å². The minimum atomic E-state index is 0.813. The van der Waals surface area contributed by atoms with Gasteiger partial charge in [0.1, 0.15) is 0 Å². The largest absolute Gasteiger partial charge is 0.399 e. The van der Waals surface area contributed by atoms with Crippen LogP contribution >= 0.6 is 0 Å². The Morgan fingerprint density at radius 1 is 1.17 bits per heavy atom. The Labute approximate surface area is 74.2 Å². The van der Waals surface area contributed by atoms with Crippen LogP contribution in [-0.4, -0.2) is 0 Å². The predicted octanol–water partition coefficient (Wildman–Crippen LogP) is 2.80. The molecule has 0 heterocycles. The number of benzene rings is 1. The van der Waals surface area contributed by atoms with E-state index in [-0.39, 0.29) is 0 Å². The second kappa shape index (κ2) is 6.23. The van der Waals surface area contributed by atoms with Gasteiger partial charge in [-0.05, 0) is 24.1 Å². The quantitative estimate of drug-likeness (QED) is 0.524. The van der Waals surface area contributed by atoms with Crippen molar-refractivity contribution in [3.05, 3.63) is 55.6 Å². The number of nitrogen functional groups attached to an aromatic ring is 1. The molecule has 0 radical (unpaired) electrons. The normalized spacial score (nSPS) is 8.00. The monoisotopic (exact) mass is 161 g/mol. The zero-order valence-corrected chi connectivity index (χ0v) is 7.29. The Morgan fingerprint density at radius 2 is 1.67 bits per heavy atom. The van der Waals surface area contributed by atoms with Gasteiger partial charge in [0.25, 0.3) is 0 Å². The standard InChI is InChI=1S/C9H11N.C2H4/c1-2-3-8-4-6-9(10)7-5-8;1-2/h2,4-7H,1,3,10H2;1-2H2. The number of rotatable bonds is 2. The SMILES string of the molecule is C=C.C=CCc1ccc(N)cc1. The highest BCUT2D eigenvalue weighted by atomic mass is 14.5. The molecule has 1 nitrogen and oxygen atoms in total. The summed E-state index contributed by atoms with van der Waals surface area (Å²) < 4.78 is 0. The first kappa shape index (κ1) is 10.5. The van der Waals surface area contributed by atoms with E-state index in [1.807, 2.05) is 30.3 Å². The molecule has 1 heteroatoms. The fourth-order valence-corrected chi connectivity index (χ4v) is 0.820. The van der Waals surface area contributed by atoms with Crippen molar-refractivity contribution in [2.24, 2.45) is 0 Å². The molecule has 1 aromatic carbocycles. The number of hydrogen-bond acceptors (Lipinski definition) is 1. The Hall–Kier alpha value is -1.50. The van der Waals surface area contributed by atoms with Gasteiger partial charge in [-0.15, -0.1) is 19.7 Å². The van der Waals surface area contributed by atoms with Crippen molar-refractivity contribution in [2.45, 2.75) is 6.42 Å². The molecule has 0 saturated heterocycles. The number of anilines is 1. The fourth-order valence-electron chi connectivity index (χ4n) is 0.820. The van der Waals surface area contributed by atoms with Crippen LogP contribution in [0.4, 0.5) is 5.69 Å². The van der Waals surface area contributed by atoms with E-state index in [9.17, 15) is 0 Å². The van der Waals surface area contributed by atoms with Crippen LogP contribution in [0.1, 0.15) is 5.56 Å². The highest BCUT2D eigenvalue weighted by Gasteiger charge is 1.86. The van der Waals surface area contributed by atoms with Crippen LogP contribution in [0, 0.1) is 0 Å². The van der Waals surface area contributed by atoms with Crippen molar-refractivity contribution in [1.29, 1.82) is 0 Å². The van der Waals surface area contributed by atoms with Crippen LogP contribution in [0.2, 0.25) is 0 Å². The Morgan fingerprint density at radius 3 is 2.08 bits per heavy atom. The molecule has 0 spiro atoms. The van der Waals surface area contributed by atoms with Gasteiger partial charge in [0.2, 0.25) is 0 Å². The first-order valence-electron chi connectivity index (χ1n) is 3.78. The average Bonchev–Trinajstić information content (AvgIpc) is 2.13. The molecule has 1 rings (SSSR count). The van der Waals surface area contributed by atoms with E-state index in [1.54, 1.807) is 0 Å². The molecule has 0 atom stereocenters. The van der Waals surface area contributed by atoms with Gasteiger partial charge in [-0.25, -0.2) is 0 Å². The molecule has 0 saturated carbocycles. The predicted molar refractivity (Wildman–Crippen MR) is 56.0 cm³/mol. The smallest absolute Gasteiger partial charge is 0.0314 e. The van der Waals surface area contributed by atoms with Gasteiger partial charge in [0.15, 0.2) is 0 Å². The van der Waals surface area contributed by atoms with E-state index in [0.717, 1.165) is 12.1 Å². The molecular formula is C11H15N. The van der Waals surface area contributed by atoms with Gasteiger partial charge in [0, 0.05) is 5.69 Å². The first-order chi connectivity index (χ1) is 5.83. The summed E-state index contributed by atoms with van der Waals surface area (Å²) >= 11 is 0. The van der Waals surface area contributed by atoms with E-state index < -0.39 is 0 Å². The van der Waals surface area contributed by atoms with E-state index in [1.165, 1.54) is 5.56 Å². The summed E-state index contributed by atoms with van der Waals surface area (Å²) in [5, 5.41) is 0. The summed E-state index contributed by atoms with van der Waals surface area (Å²) in [6, 6.07) is 7.83. The summed E-state index contributed by atoms with van der Waals surface area (Å²) in [5.74, 6) is 0. The summed E-state index contributed by atoms with van der Waals surface area (Å²) in [7, 11) is 0. The fraction of sp³-hybridized carbons (Fsp3) is 0.0909. The van der Waals surface area contributed by atoms with Crippen molar-refractivity contribution in [2.75, 3.05) is 5.73 Å². The lowest BCUT2D eigenvalue weighted by Crippen LogP contribution is -1.84. The summed E-state index contributed by atoms with van der Waals surface area (Å²) in [5.41, 5.74) is 7.56. The molecule has 0 amide bonds. The van der Waals surface area contributed by atoms with Gasteiger partial charge < -0.3 is 5.73 Å². The molecule has 12 heavy (non-hydrogen) atoms. The average molecular weight is 161 g/mol. The van der Waals surface area contributed by atoms with Crippen LogP contribution in [0.5, 0.6) is 0 Å². The lowest BCUT2D eigenvalue weighted by molar-refractivity contribution is 1.28. The van der Waals surface area contributed by atoms with Gasteiger partial charge in [-0.1, -0.05) is 18.2 Å². The van der Waals surface area contributed by atoms with Gasteiger partial charge in [-0.3, -0.25) is 0 Å². The lowest BCUT2D eigenvalue weighted by Gasteiger charge is -1.95. The number of allylic oxidation sites excluding steroid dienone is 1.